The Labute approximate surface area is 114 Å². The minimum absolute atomic E-state index is 0.0357. The number of nitriles is 1. The molecule has 0 radical (unpaired) electrons. The van der Waals surface area contributed by atoms with Crippen molar-refractivity contribution in [1.29, 1.82) is 5.26 Å². The summed E-state index contributed by atoms with van der Waals surface area (Å²) in [5.74, 6) is 0.224. The zero-order valence-electron chi connectivity index (χ0n) is 11.6. The van der Waals surface area contributed by atoms with Gasteiger partial charge in [-0.3, -0.25) is 4.90 Å². The molecule has 0 amide bonds. The average Bonchev–Trinajstić information content (AvgIpc) is 2.36. The van der Waals surface area contributed by atoms with Crippen molar-refractivity contribution in [2.45, 2.75) is 26.3 Å². The highest BCUT2D eigenvalue weighted by molar-refractivity contribution is 5.20. The molecule has 0 aliphatic heterocycles. The zero-order valence-corrected chi connectivity index (χ0v) is 11.6. The van der Waals surface area contributed by atoms with Gasteiger partial charge in [0, 0.05) is 32.1 Å². The fraction of sp³-hybridized carbons (Fsp3) is 0.533. The molecule has 0 aliphatic carbocycles. The summed E-state index contributed by atoms with van der Waals surface area (Å²) in [6, 6.07) is 8.66. The largest absolute Gasteiger partial charge is 0.329 e. The highest BCUT2D eigenvalue weighted by Gasteiger charge is 2.20. The molecule has 0 saturated carbocycles. The second-order valence-electron chi connectivity index (χ2n) is 5.10. The van der Waals surface area contributed by atoms with Crippen molar-refractivity contribution >= 4 is 0 Å². The minimum Gasteiger partial charge on any atom is -0.329 e. The summed E-state index contributed by atoms with van der Waals surface area (Å²) < 4.78 is 13.3. The molecule has 0 bridgehead atoms. The van der Waals surface area contributed by atoms with Gasteiger partial charge in [0.05, 0.1) is 6.07 Å². The topological polar surface area (TPSA) is 53.0 Å². The summed E-state index contributed by atoms with van der Waals surface area (Å²) in [5.41, 5.74) is 6.73. The molecule has 0 heterocycles. The minimum atomic E-state index is -0.249. The molecule has 2 N–H and O–H groups in total. The van der Waals surface area contributed by atoms with Gasteiger partial charge in [-0.2, -0.15) is 5.26 Å². The molecule has 0 fully saturated rings. The Balaban J connectivity index is 2.91. The molecule has 1 rings (SSSR count). The number of nitrogens with zero attached hydrogens (tertiary/aromatic N) is 2. The summed E-state index contributed by atoms with van der Waals surface area (Å²) in [4.78, 5) is 2.17. The van der Waals surface area contributed by atoms with Gasteiger partial charge in [0.15, 0.2) is 0 Å². The van der Waals surface area contributed by atoms with E-state index in [0.717, 1.165) is 12.1 Å². The van der Waals surface area contributed by atoms with Crippen LogP contribution in [-0.2, 0) is 0 Å². The molecule has 4 heteroatoms. The Morgan fingerprint density at radius 2 is 2.16 bits per heavy atom. The van der Waals surface area contributed by atoms with Gasteiger partial charge in [0.25, 0.3) is 0 Å². The first-order valence-electron chi connectivity index (χ1n) is 6.65. The lowest BCUT2D eigenvalue weighted by molar-refractivity contribution is 0.183. The molecule has 104 valence electrons. The van der Waals surface area contributed by atoms with Gasteiger partial charge in [0.2, 0.25) is 0 Å². The Hall–Kier alpha value is -1.44. The molecule has 19 heavy (non-hydrogen) atoms. The molecule has 3 nitrogen and oxygen atoms in total. The van der Waals surface area contributed by atoms with Crippen molar-refractivity contribution in [2.75, 3.05) is 19.6 Å². The van der Waals surface area contributed by atoms with Gasteiger partial charge in [-0.15, -0.1) is 0 Å². The molecular formula is C15H22FN3. The Kier molecular flexibility index (Phi) is 6.48. The molecule has 1 aromatic carbocycles. The third-order valence-electron chi connectivity index (χ3n) is 3.01. The van der Waals surface area contributed by atoms with E-state index >= 15 is 0 Å². The molecule has 1 atom stereocenters. The lowest BCUT2D eigenvalue weighted by Gasteiger charge is -2.32. The third-order valence-corrected chi connectivity index (χ3v) is 3.01. The van der Waals surface area contributed by atoms with Crippen molar-refractivity contribution in [3.05, 3.63) is 35.6 Å². The summed E-state index contributed by atoms with van der Waals surface area (Å²) >= 11 is 0. The highest BCUT2D eigenvalue weighted by Crippen LogP contribution is 2.21. The van der Waals surface area contributed by atoms with Crippen LogP contribution in [0.5, 0.6) is 0 Å². The first-order chi connectivity index (χ1) is 9.08. The highest BCUT2D eigenvalue weighted by atomic mass is 19.1. The van der Waals surface area contributed by atoms with Crippen LogP contribution in [0.2, 0.25) is 0 Å². The van der Waals surface area contributed by atoms with E-state index in [1.54, 1.807) is 6.07 Å². The number of benzene rings is 1. The van der Waals surface area contributed by atoms with E-state index in [1.807, 2.05) is 6.07 Å². The predicted octanol–water partition coefficient (Wildman–Crippen LogP) is 2.70. The maximum absolute atomic E-state index is 13.3. The fourth-order valence-corrected chi connectivity index (χ4v) is 2.25. The monoisotopic (exact) mass is 263 g/mol. The van der Waals surface area contributed by atoms with E-state index in [9.17, 15) is 4.39 Å². The lowest BCUT2D eigenvalue weighted by atomic mass is 10.0. The standard InChI is InChI=1S/C15H22FN3/c1-12(2)11-19(8-4-7-17)15(10-18)13-5-3-6-14(16)9-13/h3,5-6,9,12,15H,4,8,10-11,18H2,1-2H3. The van der Waals surface area contributed by atoms with Crippen molar-refractivity contribution < 1.29 is 4.39 Å². The number of halogens is 1. The predicted molar refractivity (Wildman–Crippen MR) is 74.8 cm³/mol. The molecular weight excluding hydrogens is 241 g/mol. The number of hydrogen-bond acceptors (Lipinski definition) is 3. The van der Waals surface area contributed by atoms with Crippen LogP contribution >= 0.6 is 0 Å². The third kappa shape index (κ3) is 4.98. The molecule has 0 aliphatic rings. The van der Waals surface area contributed by atoms with Crippen LogP contribution in [-0.4, -0.2) is 24.5 Å². The van der Waals surface area contributed by atoms with Crippen LogP contribution in [0, 0.1) is 23.1 Å². The Bertz CT molecular complexity index is 426. The summed E-state index contributed by atoms with van der Waals surface area (Å²) in [5, 5.41) is 8.75. The SMILES string of the molecule is CC(C)CN(CCC#N)C(CN)c1cccc(F)c1. The summed E-state index contributed by atoms with van der Waals surface area (Å²) in [6.45, 7) is 6.17. The van der Waals surface area contributed by atoms with Gasteiger partial charge in [0.1, 0.15) is 5.82 Å². The smallest absolute Gasteiger partial charge is 0.123 e. The van der Waals surface area contributed by atoms with E-state index in [0.29, 0.717) is 25.4 Å². The van der Waals surface area contributed by atoms with E-state index in [2.05, 4.69) is 24.8 Å². The first kappa shape index (κ1) is 15.6. The molecule has 0 saturated heterocycles. The van der Waals surface area contributed by atoms with Crippen LogP contribution in [0.1, 0.15) is 31.9 Å². The Morgan fingerprint density at radius 3 is 2.68 bits per heavy atom. The first-order valence-corrected chi connectivity index (χ1v) is 6.65. The molecule has 0 aromatic heterocycles. The van der Waals surface area contributed by atoms with Crippen LogP contribution < -0.4 is 5.73 Å². The maximum atomic E-state index is 13.3. The van der Waals surface area contributed by atoms with Gasteiger partial charge in [-0.05, 0) is 23.6 Å². The second kappa shape index (κ2) is 7.88. The summed E-state index contributed by atoms with van der Waals surface area (Å²) in [7, 11) is 0. The van der Waals surface area contributed by atoms with Gasteiger partial charge < -0.3 is 5.73 Å². The number of rotatable bonds is 7. The van der Waals surface area contributed by atoms with Crippen LogP contribution in [0.25, 0.3) is 0 Å². The van der Waals surface area contributed by atoms with Crippen molar-refractivity contribution in [1.82, 2.24) is 4.90 Å². The zero-order chi connectivity index (χ0) is 14.3. The Morgan fingerprint density at radius 1 is 1.42 bits per heavy atom. The van der Waals surface area contributed by atoms with Crippen molar-refractivity contribution in [2.24, 2.45) is 11.7 Å². The fourth-order valence-electron chi connectivity index (χ4n) is 2.25. The maximum Gasteiger partial charge on any atom is 0.123 e. The molecule has 1 unspecified atom stereocenters. The number of hydrogen-bond donors (Lipinski definition) is 1. The van der Waals surface area contributed by atoms with Crippen LogP contribution in [0.4, 0.5) is 4.39 Å². The molecule has 1 aromatic rings. The van der Waals surface area contributed by atoms with Gasteiger partial charge in [-0.25, -0.2) is 4.39 Å². The van der Waals surface area contributed by atoms with Gasteiger partial charge >= 0.3 is 0 Å². The van der Waals surface area contributed by atoms with Crippen LogP contribution in [0.15, 0.2) is 24.3 Å². The lowest BCUT2D eigenvalue weighted by Crippen LogP contribution is -2.37. The normalized spacial score (nSPS) is 12.7. The van der Waals surface area contributed by atoms with E-state index in [1.165, 1.54) is 12.1 Å². The summed E-state index contributed by atoms with van der Waals surface area (Å²) in [6.07, 6.45) is 0.457. The number of nitrogens with two attached hydrogens (primary N) is 1. The van der Waals surface area contributed by atoms with Gasteiger partial charge in [-0.1, -0.05) is 26.0 Å². The van der Waals surface area contributed by atoms with E-state index in [-0.39, 0.29) is 11.9 Å². The van der Waals surface area contributed by atoms with Crippen molar-refractivity contribution in [3.63, 3.8) is 0 Å². The second-order valence-corrected chi connectivity index (χ2v) is 5.10. The van der Waals surface area contributed by atoms with E-state index in [4.69, 9.17) is 11.0 Å². The quantitative estimate of drug-likeness (QED) is 0.823. The van der Waals surface area contributed by atoms with E-state index < -0.39 is 0 Å². The van der Waals surface area contributed by atoms with Crippen molar-refractivity contribution in [3.8, 4) is 6.07 Å². The van der Waals surface area contributed by atoms with Crippen LogP contribution in [0.3, 0.4) is 0 Å². The average molecular weight is 263 g/mol. The molecule has 0 spiro atoms.